The minimum absolute atomic E-state index is 0. The number of thioether (sulfide) groups is 1. The first kappa shape index (κ1) is 21.6. The van der Waals surface area contributed by atoms with Crippen molar-refractivity contribution in [3.05, 3.63) is 35.9 Å². The van der Waals surface area contributed by atoms with Gasteiger partial charge in [-0.2, -0.15) is 11.8 Å². The van der Waals surface area contributed by atoms with Crippen LogP contribution in [0.5, 0.6) is 0 Å². The van der Waals surface area contributed by atoms with Crippen molar-refractivity contribution in [2.45, 2.75) is 76.9 Å². The van der Waals surface area contributed by atoms with E-state index in [0.29, 0.717) is 0 Å². The summed E-state index contributed by atoms with van der Waals surface area (Å²) in [6.07, 6.45) is 14.3. The Bertz CT molecular complexity index is 306. The Hall–Kier alpha value is 0.570. The summed E-state index contributed by atoms with van der Waals surface area (Å²) in [5.41, 5.74) is 1.46. The van der Waals surface area contributed by atoms with Gasteiger partial charge in [0.15, 0.2) is 0 Å². The van der Waals surface area contributed by atoms with Gasteiger partial charge in [0.1, 0.15) is 0 Å². The average Bonchev–Trinajstić information content (AvgIpc) is 2.49. The Morgan fingerprint density at radius 2 is 1.29 bits per heavy atom. The third-order valence-electron chi connectivity index (χ3n) is 3.75. The molecule has 21 heavy (non-hydrogen) atoms. The molecule has 0 nitrogen and oxygen atoms in total. The Balaban J connectivity index is 0. The molecule has 0 unspecified atom stereocenters. The van der Waals surface area contributed by atoms with E-state index >= 15 is 0 Å². The maximum Gasteiger partial charge on any atom is 1.00 e. The van der Waals surface area contributed by atoms with Crippen LogP contribution in [-0.2, 0) is 5.75 Å². The summed E-state index contributed by atoms with van der Waals surface area (Å²) >= 11 is 2.08. The largest absolute Gasteiger partial charge is 1.00 e. The normalized spacial score (nSPS) is 10.3. The molecule has 0 fully saturated rings. The van der Waals surface area contributed by atoms with Crippen LogP contribution in [0.4, 0.5) is 0 Å². The molecule has 0 radical (unpaired) electrons. The molecule has 0 aromatic heterocycles. The summed E-state index contributed by atoms with van der Waals surface area (Å²) < 4.78 is 0. The standard InChI is InChI=1S/C19H32S.Na.H/c1-2-3-4-5-6-7-8-9-10-14-17-20-18-19-15-12-11-13-16-19;;/h11-13,15-16H,2-10,14,17-18H2,1H3;;/q;+1;-1. The summed E-state index contributed by atoms with van der Waals surface area (Å²) in [5.74, 6) is 2.50. The van der Waals surface area contributed by atoms with Gasteiger partial charge in [-0.15, -0.1) is 0 Å². The van der Waals surface area contributed by atoms with Crippen molar-refractivity contribution in [3.8, 4) is 0 Å². The van der Waals surface area contributed by atoms with Crippen LogP contribution in [0, 0.1) is 0 Å². The fourth-order valence-corrected chi connectivity index (χ4v) is 3.44. The van der Waals surface area contributed by atoms with Crippen LogP contribution >= 0.6 is 11.8 Å². The van der Waals surface area contributed by atoms with Gasteiger partial charge < -0.3 is 1.43 Å². The van der Waals surface area contributed by atoms with Crippen LogP contribution in [-0.4, -0.2) is 5.75 Å². The second-order valence-electron chi connectivity index (χ2n) is 5.72. The fraction of sp³-hybridized carbons (Fsp3) is 0.684. The van der Waals surface area contributed by atoms with E-state index in [2.05, 4.69) is 49.0 Å². The zero-order valence-electron chi connectivity index (χ0n) is 15.3. The molecule has 1 aromatic rings. The average molecular weight is 317 g/mol. The van der Waals surface area contributed by atoms with Crippen LogP contribution in [0.2, 0.25) is 0 Å². The SMILES string of the molecule is CCCCCCCCCCCCSCc1ccccc1.[H-].[Na+]. The van der Waals surface area contributed by atoms with E-state index in [0.717, 1.165) is 0 Å². The predicted octanol–water partition coefficient (Wildman–Crippen LogP) is 3.96. The van der Waals surface area contributed by atoms with E-state index in [1.807, 2.05) is 0 Å². The molecule has 0 aliphatic rings. The Morgan fingerprint density at radius 3 is 1.86 bits per heavy atom. The summed E-state index contributed by atoms with van der Waals surface area (Å²) in [5, 5.41) is 0. The molecule has 0 atom stereocenters. The maximum atomic E-state index is 2.29. The van der Waals surface area contributed by atoms with Crippen molar-refractivity contribution in [3.63, 3.8) is 0 Å². The number of unbranched alkanes of at least 4 members (excludes halogenated alkanes) is 9. The first-order chi connectivity index (χ1) is 9.93. The molecular formula is C19H33NaS. The van der Waals surface area contributed by atoms with Crippen LogP contribution < -0.4 is 29.6 Å². The number of hydrogen-bond donors (Lipinski definition) is 0. The van der Waals surface area contributed by atoms with Crippen molar-refractivity contribution in [2.75, 3.05) is 5.75 Å². The van der Waals surface area contributed by atoms with Crippen molar-refractivity contribution in [1.82, 2.24) is 0 Å². The first-order valence-corrected chi connectivity index (χ1v) is 9.70. The van der Waals surface area contributed by atoms with Gasteiger partial charge in [0.25, 0.3) is 0 Å². The molecule has 2 heteroatoms. The van der Waals surface area contributed by atoms with Gasteiger partial charge in [0.05, 0.1) is 0 Å². The maximum absolute atomic E-state index is 2.29. The molecule has 0 saturated heterocycles. The summed E-state index contributed by atoms with van der Waals surface area (Å²) in [6, 6.07) is 10.8. The molecule has 0 spiro atoms. The monoisotopic (exact) mass is 316 g/mol. The number of benzene rings is 1. The summed E-state index contributed by atoms with van der Waals surface area (Å²) in [6.45, 7) is 2.29. The molecule has 1 rings (SSSR count). The van der Waals surface area contributed by atoms with Crippen molar-refractivity contribution >= 4 is 11.8 Å². The van der Waals surface area contributed by atoms with Crippen LogP contribution in [0.3, 0.4) is 0 Å². The van der Waals surface area contributed by atoms with E-state index in [9.17, 15) is 0 Å². The van der Waals surface area contributed by atoms with Gasteiger partial charge in [-0.25, -0.2) is 0 Å². The molecular weight excluding hydrogens is 283 g/mol. The third kappa shape index (κ3) is 13.9. The van der Waals surface area contributed by atoms with E-state index < -0.39 is 0 Å². The van der Waals surface area contributed by atoms with Gasteiger partial charge in [0.2, 0.25) is 0 Å². The van der Waals surface area contributed by atoms with Crippen LogP contribution in [0.15, 0.2) is 30.3 Å². The van der Waals surface area contributed by atoms with Gasteiger partial charge >= 0.3 is 29.6 Å². The topological polar surface area (TPSA) is 0 Å². The molecule has 1 aromatic carbocycles. The molecule has 0 amide bonds. The zero-order chi connectivity index (χ0) is 14.3. The van der Waals surface area contributed by atoms with Crippen molar-refractivity contribution in [2.24, 2.45) is 0 Å². The first-order valence-electron chi connectivity index (χ1n) is 8.55. The number of rotatable bonds is 13. The molecule has 0 bridgehead atoms. The van der Waals surface area contributed by atoms with E-state index in [-0.39, 0.29) is 31.0 Å². The second kappa shape index (κ2) is 16.9. The quantitative estimate of drug-likeness (QED) is 0.392. The molecule has 116 valence electrons. The Labute approximate surface area is 160 Å². The molecule has 0 N–H and O–H groups in total. The van der Waals surface area contributed by atoms with Crippen molar-refractivity contribution < 1.29 is 31.0 Å². The Kier molecular flexibility index (Phi) is 17.4. The second-order valence-corrected chi connectivity index (χ2v) is 6.83. The molecule has 0 aliphatic heterocycles. The molecule has 0 saturated carbocycles. The van der Waals surface area contributed by atoms with E-state index in [1.165, 1.54) is 81.3 Å². The van der Waals surface area contributed by atoms with E-state index in [1.54, 1.807) is 0 Å². The summed E-state index contributed by atoms with van der Waals surface area (Å²) in [7, 11) is 0. The molecule has 0 heterocycles. The fourth-order valence-electron chi connectivity index (χ4n) is 2.46. The van der Waals surface area contributed by atoms with Crippen molar-refractivity contribution in [1.29, 1.82) is 0 Å². The van der Waals surface area contributed by atoms with Gasteiger partial charge in [0, 0.05) is 5.75 Å². The van der Waals surface area contributed by atoms with Gasteiger partial charge in [-0.1, -0.05) is 95.0 Å². The summed E-state index contributed by atoms with van der Waals surface area (Å²) in [4.78, 5) is 0. The van der Waals surface area contributed by atoms with Gasteiger partial charge in [-0.05, 0) is 17.7 Å². The van der Waals surface area contributed by atoms with E-state index in [4.69, 9.17) is 0 Å². The predicted molar refractivity (Wildman–Crippen MR) is 95.6 cm³/mol. The minimum Gasteiger partial charge on any atom is -1.00 e. The zero-order valence-corrected chi connectivity index (χ0v) is 17.1. The molecule has 0 aliphatic carbocycles. The Morgan fingerprint density at radius 1 is 0.762 bits per heavy atom. The number of hydrogen-bond acceptors (Lipinski definition) is 1. The smallest absolute Gasteiger partial charge is 1.00 e. The minimum atomic E-state index is 0. The van der Waals surface area contributed by atoms with Gasteiger partial charge in [-0.3, -0.25) is 0 Å². The van der Waals surface area contributed by atoms with Crippen LogP contribution in [0.1, 0.15) is 78.1 Å². The van der Waals surface area contributed by atoms with Crippen LogP contribution in [0.25, 0.3) is 0 Å². The third-order valence-corrected chi connectivity index (χ3v) is 4.87.